The van der Waals surface area contributed by atoms with Crippen molar-refractivity contribution in [1.29, 1.82) is 0 Å². The van der Waals surface area contributed by atoms with Gasteiger partial charge in [-0.2, -0.15) is 0 Å². The van der Waals surface area contributed by atoms with Crippen LogP contribution in [0.3, 0.4) is 0 Å². The lowest BCUT2D eigenvalue weighted by molar-refractivity contribution is 0.0604. The summed E-state index contributed by atoms with van der Waals surface area (Å²) in [5.74, 6) is -3.04. The second-order valence-corrected chi connectivity index (χ2v) is 5.50. The summed E-state index contributed by atoms with van der Waals surface area (Å²) < 4.78 is 28.0. The number of halogens is 2. The Bertz CT molecular complexity index is 543. The van der Waals surface area contributed by atoms with Crippen molar-refractivity contribution in [3.8, 4) is 0 Å². The SMILES string of the molecule is NCC1(C(c2ccccc2)c2ccccc2)CC1(F)F. The quantitative estimate of drug-likeness (QED) is 0.900. The van der Waals surface area contributed by atoms with Crippen molar-refractivity contribution in [2.45, 2.75) is 18.3 Å². The molecule has 0 saturated heterocycles. The third kappa shape index (κ3) is 1.93. The first-order chi connectivity index (χ1) is 9.61. The van der Waals surface area contributed by atoms with Crippen LogP contribution in [0.1, 0.15) is 23.5 Å². The fraction of sp³-hybridized carbons (Fsp3) is 0.294. The highest BCUT2D eigenvalue weighted by Gasteiger charge is 2.73. The summed E-state index contributed by atoms with van der Waals surface area (Å²) in [4.78, 5) is 0. The van der Waals surface area contributed by atoms with E-state index in [1.165, 1.54) is 0 Å². The van der Waals surface area contributed by atoms with Gasteiger partial charge in [0.25, 0.3) is 5.92 Å². The molecule has 2 aromatic carbocycles. The van der Waals surface area contributed by atoms with E-state index in [-0.39, 0.29) is 18.9 Å². The van der Waals surface area contributed by atoms with Crippen LogP contribution < -0.4 is 5.73 Å². The minimum atomic E-state index is -2.68. The Balaban J connectivity index is 2.11. The molecule has 1 fully saturated rings. The number of rotatable bonds is 4. The van der Waals surface area contributed by atoms with Crippen LogP contribution in [0.4, 0.5) is 8.78 Å². The molecule has 1 atom stereocenters. The van der Waals surface area contributed by atoms with Crippen molar-refractivity contribution in [3.05, 3.63) is 71.8 Å². The highest BCUT2D eigenvalue weighted by Crippen LogP contribution is 2.68. The molecule has 1 nitrogen and oxygen atoms in total. The third-order valence-electron chi connectivity index (χ3n) is 4.32. The summed E-state index contributed by atoms with van der Waals surface area (Å²) in [6.45, 7) is -0.00550. The van der Waals surface area contributed by atoms with E-state index in [0.717, 1.165) is 11.1 Å². The lowest BCUT2D eigenvalue weighted by Gasteiger charge is -2.27. The molecular formula is C17H17F2N. The van der Waals surface area contributed by atoms with Crippen LogP contribution in [-0.2, 0) is 0 Å². The van der Waals surface area contributed by atoms with E-state index in [2.05, 4.69) is 0 Å². The first-order valence-electron chi connectivity index (χ1n) is 6.78. The van der Waals surface area contributed by atoms with Gasteiger partial charge >= 0.3 is 0 Å². The van der Waals surface area contributed by atoms with Crippen molar-refractivity contribution in [1.82, 2.24) is 0 Å². The Kier molecular flexibility index (Phi) is 3.09. The lowest BCUT2D eigenvalue weighted by atomic mass is 9.78. The molecule has 0 spiro atoms. The normalized spacial score (nSPS) is 23.8. The molecule has 0 amide bonds. The molecule has 104 valence electrons. The van der Waals surface area contributed by atoms with E-state index in [4.69, 9.17) is 5.73 Å². The fourth-order valence-corrected chi connectivity index (χ4v) is 3.13. The predicted octanol–water partition coefficient (Wildman–Crippen LogP) is 3.80. The monoisotopic (exact) mass is 273 g/mol. The maximum Gasteiger partial charge on any atom is 0.256 e. The first kappa shape index (κ1) is 13.3. The zero-order valence-electron chi connectivity index (χ0n) is 11.1. The summed E-state index contributed by atoms with van der Waals surface area (Å²) in [6, 6.07) is 19.0. The Labute approximate surface area is 117 Å². The topological polar surface area (TPSA) is 26.0 Å². The van der Waals surface area contributed by atoms with Crippen LogP contribution in [0, 0.1) is 5.41 Å². The number of alkyl halides is 2. The molecule has 1 saturated carbocycles. The van der Waals surface area contributed by atoms with Gasteiger partial charge in [-0.15, -0.1) is 0 Å². The summed E-state index contributed by atoms with van der Waals surface area (Å²) in [5, 5.41) is 0. The standard InChI is InChI=1S/C17H17F2N/c18-17(19)11-16(17,12-20)15(13-7-3-1-4-8-13)14-9-5-2-6-10-14/h1-10,15H,11-12,20H2. The predicted molar refractivity (Wildman–Crippen MR) is 75.8 cm³/mol. The molecule has 3 heteroatoms. The molecule has 0 bridgehead atoms. The van der Waals surface area contributed by atoms with E-state index in [1.807, 2.05) is 60.7 Å². The van der Waals surface area contributed by atoms with E-state index in [0.29, 0.717) is 0 Å². The highest BCUT2D eigenvalue weighted by atomic mass is 19.3. The molecule has 0 heterocycles. The second-order valence-electron chi connectivity index (χ2n) is 5.50. The van der Waals surface area contributed by atoms with Crippen molar-refractivity contribution < 1.29 is 8.78 Å². The number of hydrogen-bond donors (Lipinski definition) is 1. The Morgan fingerprint density at radius 1 is 0.900 bits per heavy atom. The van der Waals surface area contributed by atoms with Gasteiger partial charge in [0.15, 0.2) is 0 Å². The molecule has 2 N–H and O–H groups in total. The van der Waals surface area contributed by atoms with E-state index >= 15 is 0 Å². The molecule has 2 aromatic rings. The van der Waals surface area contributed by atoms with Crippen molar-refractivity contribution in [2.75, 3.05) is 6.54 Å². The van der Waals surface area contributed by atoms with Gasteiger partial charge in [-0.1, -0.05) is 60.7 Å². The number of hydrogen-bond acceptors (Lipinski definition) is 1. The molecular weight excluding hydrogens is 256 g/mol. The first-order valence-corrected chi connectivity index (χ1v) is 6.78. The van der Waals surface area contributed by atoms with Gasteiger partial charge in [0.05, 0.1) is 5.41 Å². The van der Waals surface area contributed by atoms with E-state index < -0.39 is 11.3 Å². The Hall–Kier alpha value is -1.74. The van der Waals surface area contributed by atoms with Gasteiger partial charge in [0.1, 0.15) is 0 Å². The Morgan fingerprint density at radius 3 is 1.60 bits per heavy atom. The molecule has 0 aromatic heterocycles. The summed E-state index contributed by atoms with van der Waals surface area (Å²) >= 11 is 0. The van der Waals surface area contributed by atoms with Crippen LogP contribution in [0.5, 0.6) is 0 Å². The van der Waals surface area contributed by atoms with Crippen LogP contribution in [0.2, 0.25) is 0 Å². The zero-order chi connectivity index (χ0) is 14.2. The van der Waals surface area contributed by atoms with Gasteiger partial charge in [-0.3, -0.25) is 0 Å². The molecule has 0 aliphatic heterocycles. The van der Waals surface area contributed by atoms with Gasteiger partial charge in [0.2, 0.25) is 0 Å². The van der Waals surface area contributed by atoms with Crippen LogP contribution in [-0.4, -0.2) is 12.5 Å². The molecule has 1 aliphatic rings. The Morgan fingerprint density at radius 2 is 1.30 bits per heavy atom. The van der Waals surface area contributed by atoms with E-state index in [1.54, 1.807) is 0 Å². The van der Waals surface area contributed by atoms with Gasteiger partial charge in [-0.05, 0) is 11.1 Å². The molecule has 3 rings (SSSR count). The number of benzene rings is 2. The van der Waals surface area contributed by atoms with Gasteiger partial charge in [-0.25, -0.2) is 8.78 Å². The number of nitrogens with two attached hydrogens (primary N) is 1. The van der Waals surface area contributed by atoms with Crippen LogP contribution in [0.25, 0.3) is 0 Å². The molecule has 0 radical (unpaired) electrons. The smallest absolute Gasteiger partial charge is 0.256 e. The average Bonchev–Trinajstić information content (AvgIpc) is 3.04. The average molecular weight is 273 g/mol. The minimum absolute atomic E-state index is 0.00550. The molecule has 20 heavy (non-hydrogen) atoms. The fourth-order valence-electron chi connectivity index (χ4n) is 3.13. The van der Waals surface area contributed by atoms with Crippen molar-refractivity contribution >= 4 is 0 Å². The maximum atomic E-state index is 14.0. The second kappa shape index (κ2) is 4.67. The van der Waals surface area contributed by atoms with Crippen molar-refractivity contribution in [2.24, 2.45) is 11.1 Å². The van der Waals surface area contributed by atoms with Gasteiger partial charge < -0.3 is 5.73 Å². The highest BCUT2D eigenvalue weighted by molar-refractivity contribution is 5.40. The minimum Gasteiger partial charge on any atom is -0.330 e. The summed E-state index contributed by atoms with van der Waals surface area (Å²) in [5.41, 5.74) is 6.40. The lowest BCUT2D eigenvalue weighted by Crippen LogP contribution is -2.30. The summed E-state index contributed by atoms with van der Waals surface area (Å²) in [6.07, 6.45) is -0.134. The van der Waals surface area contributed by atoms with Crippen LogP contribution >= 0.6 is 0 Å². The third-order valence-corrected chi connectivity index (χ3v) is 4.32. The zero-order valence-corrected chi connectivity index (χ0v) is 11.1. The molecule has 1 unspecified atom stereocenters. The van der Waals surface area contributed by atoms with Gasteiger partial charge in [0, 0.05) is 18.9 Å². The van der Waals surface area contributed by atoms with E-state index in [9.17, 15) is 8.78 Å². The van der Waals surface area contributed by atoms with Crippen LogP contribution in [0.15, 0.2) is 60.7 Å². The largest absolute Gasteiger partial charge is 0.330 e. The summed E-state index contributed by atoms with van der Waals surface area (Å²) in [7, 11) is 0. The van der Waals surface area contributed by atoms with Crippen molar-refractivity contribution in [3.63, 3.8) is 0 Å². The maximum absolute atomic E-state index is 14.0. The molecule has 1 aliphatic carbocycles.